The average Bonchev–Trinajstić information content (AvgIpc) is 2.67. The molecule has 0 atom stereocenters. The van der Waals surface area contributed by atoms with Gasteiger partial charge in [0, 0.05) is 0 Å². The topological polar surface area (TPSA) is 67.4 Å². The van der Waals surface area contributed by atoms with E-state index in [2.05, 4.69) is 15.4 Å². The zero-order valence-corrected chi connectivity index (χ0v) is 10.2. The third-order valence-corrected chi connectivity index (χ3v) is 2.66. The maximum Gasteiger partial charge on any atom is 0.331 e. The number of esters is 1. The Morgan fingerprint density at radius 3 is 2.62 bits per heavy atom. The Labute approximate surface area is 97.8 Å². The van der Waals surface area contributed by atoms with Crippen molar-refractivity contribution in [3.63, 3.8) is 0 Å². The minimum atomic E-state index is -1.05. The van der Waals surface area contributed by atoms with Crippen molar-refractivity contribution in [3.8, 4) is 0 Å². The van der Waals surface area contributed by atoms with Gasteiger partial charge in [-0.15, -0.1) is 11.3 Å². The minimum absolute atomic E-state index is 0.433. The second-order valence-corrected chi connectivity index (χ2v) is 4.62. The van der Waals surface area contributed by atoms with Gasteiger partial charge >= 0.3 is 12.0 Å². The molecule has 2 amide bonds. The molecule has 5 nitrogen and oxygen atoms in total. The molecule has 0 aliphatic carbocycles. The standard InChI is InChI=1S/C10H14N2O3S/c1-10(2,8(13)15-3)12-9(14)11-7-5-4-6-16-7/h4-6H,1-3H3,(H2,11,12,14). The quantitative estimate of drug-likeness (QED) is 0.794. The summed E-state index contributed by atoms with van der Waals surface area (Å²) >= 11 is 1.40. The predicted octanol–water partition coefficient (Wildman–Crippen LogP) is 1.82. The molecule has 6 heteroatoms. The van der Waals surface area contributed by atoms with Crippen LogP contribution in [0, 0.1) is 0 Å². The first-order valence-corrected chi connectivity index (χ1v) is 5.55. The number of rotatable bonds is 3. The second kappa shape index (κ2) is 4.98. The fourth-order valence-electron chi connectivity index (χ4n) is 1.08. The van der Waals surface area contributed by atoms with E-state index in [1.54, 1.807) is 19.9 Å². The van der Waals surface area contributed by atoms with Crippen LogP contribution in [0.15, 0.2) is 17.5 Å². The summed E-state index contributed by atoms with van der Waals surface area (Å²) in [4.78, 5) is 22.8. The lowest BCUT2D eigenvalue weighted by atomic mass is 10.1. The van der Waals surface area contributed by atoms with Crippen LogP contribution in [-0.2, 0) is 9.53 Å². The van der Waals surface area contributed by atoms with Crippen molar-refractivity contribution in [2.75, 3.05) is 12.4 Å². The number of anilines is 1. The number of hydrogen-bond acceptors (Lipinski definition) is 4. The number of urea groups is 1. The molecular weight excluding hydrogens is 228 g/mol. The van der Waals surface area contributed by atoms with Crippen LogP contribution in [0.3, 0.4) is 0 Å². The van der Waals surface area contributed by atoms with E-state index >= 15 is 0 Å². The average molecular weight is 242 g/mol. The monoisotopic (exact) mass is 242 g/mol. The largest absolute Gasteiger partial charge is 0.467 e. The molecule has 1 rings (SSSR count). The van der Waals surface area contributed by atoms with Crippen molar-refractivity contribution in [2.24, 2.45) is 0 Å². The molecule has 0 spiro atoms. The van der Waals surface area contributed by atoms with Crippen LogP contribution in [0.2, 0.25) is 0 Å². The summed E-state index contributed by atoms with van der Waals surface area (Å²) in [7, 11) is 1.28. The van der Waals surface area contributed by atoms with Gasteiger partial charge in [0.25, 0.3) is 0 Å². The van der Waals surface area contributed by atoms with Crippen LogP contribution < -0.4 is 10.6 Å². The molecule has 0 bridgehead atoms. The first-order chi connectivity index (χ1) is 7.45. The Morgan fingerprint density at radius 1 is 1.44 bits per heavy atom. The van der Waals surface area contributed by atoms with Crippen molar-refractivity contribution in [1.82, 2.24) is 5.32 Å². The maximum absolute atomic E-state index is 11.5. The predicted molar refractivity (Wildman–Crippen MR) is 62.6 cm³/mol. The van der Waals surface area contributed by atoms with Gasteiger partial charge in [-0.25, -0.2) is 9.59 Å². The van der Waals surface area contributed by atoms with E-state index in [0.29, 0.717) is 0 Å². The Morgan fingerprint density at radius 2 is 2.12 bits per heavy atom. The molecule has 0 aliphatic rings. The van der Waals surface area contributed by atoms with Gasteiger partial charge in [0.15, 0.2) is 0 Å². The summed E-state index contributed by atoms with van der Waals surface area (Å²) in [6, 6.07) is 3.17. The summed E-state index contributed by atoms with van der Waals surface area (Å²) in [5.74, 6) is -0.492. The van der Waals surface area contributed by atoms with E-state index in [9.17, 15) is 9.59 Å². The summed E-state index contributed by atoms with van der Waals surface area (Å²) < 4.78 is 4.57. The Kier molecular flexibility index (Phi) is 3.89. The number of amides is 2. The van der Waals surface area contributed by atoms with Crippen molar-refractivity contribution in [3.05, 3.63) is 17.5 Å². The zero-order chi connectivity index (χ0) is 12.2. The highest BCUT2D eigenvalue weighted by Gasteiger charge is 2.30. The molecule has 0 fully saturated rings. The molecule has 1 heterocycles. The minimum Gasteiger partial charge on any atom is -0.467 e. The lowest BCUT2D eigenvalue weighted by Gasteiger charge is -2.22. The van der Waals surface area contributed by atoms with Gasteiger partial charge in [0.05, 0.1) is 12.1 Å². The van der Waals surface area contributed by atoms with E-state index in [1.165, 1.54) is 18.4 Å². The molecule has 1 aromatic rings. The van der Waals surface area contributed by atoms with E-state index in [1.807, 2.05) is 11.4 Å². The van der Waals surface area contributed by atoms with Crippen molar-refractivity contribution < 1.29 is 14.3 Å². The maximum atomic E-state index is 11.5. The second-order valence-electron chi connectivity index (χ2n) is 3.67. The van der Waals surface area contributed by atoms with Gasteiger partial charge in [-0.1, -0.05) is 0 Å². The third-order valence-electron chi connectivity index (χ3n) is 1.88. The van der Waals surface area contributed by atoms with Gasteiger partial charge in [0.1, 0.15) is 5.54 Å². The Hall–Kier alpha value is -1.56. The molecule has 16 heavy (non-hydrogen) atoms. The van der Waals surface area contributed by atoms with Crippen molar-refractivity contribution >= 4 is 28.3 Å². The molecule has 0 aliphatic heterocycles. The summed E-state index contributed by atoms with van der Waals surface area (Å²) in [5, 5.41) is 7.71. The highest BCUT2D eigenvalue weighted by molar-refractivity contribution is 7.14. The van der Waals surface area contributed by atoms with E-state index in [0.717, 1.165) is 5.00 Å². The van der Waals surface area contributed by atoms with Gasteiger partial charge in [0.2, 0.25) is 0 Å². The fraction of sp³-hybridized carbons (Fsp3) is 0.400. The van der Waals surface area contributed by atoms with Crippen LogP contribution in [0.5, 0.6) is 0 Å². The molecular formula is C10H14N2O3S. The van der Waals surface area contributed by atoms with Gasteiger partial charge in [-0.05, 0) is 31.4 Å². The number of carbonyl (C=O) groups excluding carboxylic acids is 2. The summed E-state index contributed by atoms with van der Waals surface area (Å²) in [6.07, 6.45) is 0. The van der Waals surface area contributed by atoms with Gasteiger partial charge < -0.3 is 10.1 Å². The third kappa shape index (κ3) is 3.23. The summed E-state index contributed by atoms with van der Waals surface area (Å²) in [5.41, 5.74) is -1.05. The van der Waals surface area contributed by atoms with Crippen LogP contribution >= 0.6 is 11.3 Å². The summed E-state index contributed by atoms with van der Waals surface area (Å²) in [6.45, 7) is 3.15. The van der Waals surface area contributed by atoms with Crippen LogP contribution in [-0.4, -0.2) is 24.6 Å². The lowest BCUT2D eigenvalue weighted by Crippen LogP contribution is -2.51. The van der Waals surface area contributed by atoms with Crippen LogP contribution in [0.4, 0.5) is 9.80 Å². The fourth-order valence-corrected chi connectivity index (χ4v) is 1.70. The Balaban J connectivity index is 2.54. The normalized spacial score (nSPS) is 10.7. The number of ether oxygens (including phenoxy) is 1. The van der Waals surface area contributed by atoms with Crippen LogP contribution in [0.1, 0.15) is 13.8 Å². The molecule has 0 radical (unpaired) electrons. The lowest BCUT2D eigenvalue weighted by molar-refractivity contribution is -0.146. The molecule has 2 N–H and O–H groups in total. The van der Waals surface area contributed by atoms with Gasteiger partial charge in [-0.2, -0.15) is 0 Å². The molecule has 0 saturated heterocycles. The highest BCUT2D eigenvalue weighted by Crippen LogP contribution is 2.15. The molecule has 0 aromatic carbocycles. The molecule has 88 valence electrons. The van der Waals surface area contributed by atoms with E-state index in [4.69, 9.17) is 0 Å². The zero-order valence-electron chi connectivity index (χ0n) is 9.37. The molecule has 0 saturated carbocycles. The molecule has 0 unspecified atom stereocenters. The van der Waals surface area contributed by atoms with E-state index in [-0.39, 0.29) is 0 Å². The highest BCUT2D eigenvalue weighted by atomic mass is 32.1. The number of methoxy groups -OCH3 is 1. The number of nitrogens with one attached hydrogen (secondary N) is 2. The van der Waals surface area contributed by atoms with Crippen molar-refractivity contribution in [1.29, 1.82) is 0 Å². The SMILES string of the molecule is COC(=O)C(C)(C)NC(=O)Nc1cccs1. The Bertz CT molecular complexity index is 373. The number of thiophene rings is 1. The molecule has 1 aromatic heterocycles. The van der Waals surface area contributed by atoms with Gasteiger partial charge in [-0.3, -0.25) is 5.32 Å². The smallest absolute Gasteiger partial charge is 0.331 e. The number of hydrogen-bond donors (Lipinski definition) is 2. The van der Waals surface area contributed by atoms with Crippen molar-refractivity contribution in [2.45, 2.75) is 19.4 Å². The first kappa shape index (κ1) is 12.5. The number of carbonyl (C=O) groups is 2. The van der Waals surface area contributed by atoms with E-state index < -0.39 is 17.5 Å². The van der Waals surface area contributed by atoms with Crippen LogP contribution in [0.25, 0.3) is 0 Å². The first-order valence-electron chi connectivity index (χ1n) is 4.67.